The number of rotatable bonds is 1. The smallest absolute Gasteiger partial charge is 0.0568 e. The van der Waals surface area contributed by atoms with Gasteiger partial charge < -0.3 is 10.2 Å². The number of anilines is 5. The van der Waals surface area contributed by atoms with Crippen molar-refractivity contribution in [2.24, 2.45) is 0 Å². The minimum Gasteiger partial charge on any atom is -0.355 e. The first-order valence-electron chi connectivity index (χ1n) is 17.1. The molecule has 0 radical (unpaired) electrons. The van der Waals surface area contributed by atoms with E-state index in [1.807, 2.05) is 16.8 Å². The van der Waals surface area contributed by atoms with E-state index in [-0.39, 0.29) is 10.8 Å². The second-order valence-corrected chi connectivity index (χ2v) is 38.1. The van der Waals surface area contributed by atoms with Gasteiger partial charge in [0, 0.05) is 220 Å². The molecule has 0 saturated carbocycles. The minimum absolute atomic E-state index is 0.0275. The molecule has 1 N–H and O–H groups in total. The van der Waals surface area contributed by atoms with Crippen LogP contribution in [0.2, 0.25) is 0 Å². The Morgan fingerprint density at radius 3 is 1.18 bits per heavy atom. The first-order valence-corrected chi connectivity index (χ1v) is 41.1. The molecule has 2 aliphatic heterocycles. The Morgan fingerprint density at radius 1 is 0.468 bits per heavy atom. The van der Waals surface area contributed by atoms with Gasteiger partial charge in [0.15, 0.2) is 0 Å². The number of hydrogen-bond donors (Lipinski definition) is 1. The van der Waals surface area contributed by atoms with Crippen LogP contribution in [-0.2, 0) is 193 Å². The van der Waals surface area contributed by atoms with Crippen molar-refractivity contribution >= 4 is 250 Å². The van der Waals surface area contributed by atoms with Crippen molar-refractivity contribution in [2.45, 2.75) is 38.5 Å². The lowest BCUT2D eigenvalue weighted by atomic mass is 9.73. The van der Waals surface area contributed by atoms with E-state index in [0.717, 1.165) is 0 Å². The van der Waals surface area contributed by atoms with E-state index in [1.165, 1.54) is 90.7 Å². The number of fused-ring (bicyclic) bond motifs is 4. The van der Waals surface area contributed by atoms with Crippen molar-refractivity contribution < 1.29 is 0 Å². The molecule has 0 saturated heterocycles. The number of thiophene rings is 2. The van der Waals surface area contributed by atoms with Crippen molar-refractivity contribution in [1.29, 1.82) is 0 Å². The molecule has 2 aromatic heterocycles. The summed E-state index contributed by atoms with van der Waals surface area (Å²) in [6.45, 7) is 9.20. The molecule has 8 rings (SSSR count). The van der Waals surface area contributed by atoms with Crippen molar-refractivity contribution in [2.75, 3.05) is 10.2 Å². The normalized spacial score (nSPS) is 12.0. The van der Waals surface area contributed by atoms with E-state index in [0.29, 0.717) is 0 Å². The van der Waals surface area contributed by atoms with Gasteiger partial charge >= 0.3 is 0 Å². The summed E-state index contributed by atoms with van der Waals surface area (Å²) in [5.41, 5.74) is 11.9. The molecule has 330 valence electrons. The van der Waals surface area contributed by atoms with Gasteiger partial charge in [0.1, 0.15) is 0 Å². The molecule has 4 aromatic carbocycles. The van der Waals surface area contributed by atoms with Gasteiger partial charge in [0.25, 0.3) is 0 Å². The zero-order valence-electron chi connectivity index (χ0n) is 32.6. The Labute approximate surface area is 448 Å². The summed E-state index contributed by atoms with van der Waals surface area (Å²) in [7, 11) is 20.0. The Hall–Kier alpha value is 0.540. The van der Waals surface area contributed by atoms with Gasteiger partial charge in [0.2, 0.25) is 0 Å². The number of nitrogens with zero attached hydrogens (tertiary/aromatic N) is 1. The Bertz CT molecular complexity index is 2810. The maximum Gasteiger partial charge on any atom is 0.0568 e. The van der Waals surface area contributed by atoms with Crippen molar-refractivity contribution in [3.8, 4) is 0 Å². The fourth-order valence-electron chi connectivity index (χ4n) is 6.25. The molecular formula is C38H35BrN2S21. The number of para-hydroxylation sites is 4. The van der Waals surface area contributed by atoms with Gasteiger partial charge in [-0.25, -0.2) is 0 Å². The zero-order chi connectivity index (χ0) is 45.2. The first kappa shape index (κ1) is 56.9. The average Bonchev–Trinajstić information content (AvgIpc) is 4.02. The Kier molecular flexibility index (Phi) is 29.6. The summed E-state index contributed by atoms with van der Waals surface area (Å²) in [5, 5.41) is 11.9. The summed E-state index contributed by atoms with van der Waals surface area (Å²) in [6, 6.07) is 38.8. The third-order valence-corrected chi connectivity index (χ3v) is 35.3. The molecule has 0 spiro atoms. The van der Waals surface area contributed by atoms with E-state index >= 15 is 0 Å². The molecule has 0 atom stereocenters. The predicted molar refractivity (Wildman–Crippen MR) is 331 cm³/mol. The summed E-state index contributed by atoms with van der Waals surface area (Å²) in [4.78, 5) is 2.38. The van der Waals surface area contributed by atoms with Crippen LogP contribution in [-0.4, -0.2) is 0 Å². The SMILES string of the molecule is Brc1ccsc1.CC1(C)c2ccccc2N(c2ccsc2)c2ccccc21.CC1(C)c2ccccc2Nc2ccccc21.S=S.S=S=S=S=S=S=S=S.S=S=S=S=S=S=S=S=S. The topological polar surface area (TPSA) is 15.3 Å². The maximum atomic E-state index is 4.63. The van der Waals surface area contributed by atoms with Crippen LogP contribution in [0.15, 0.2) is 135 Å². The molecule has 6 aromatic rings. The Balaban J connectivity index is 0.000000221. The second-order valence-electron chi connectivity index (χ2n) is 12.6. The molecule has 24 heteroatoms. The highest BCUT2D eigenvalue weighted by Crippen LogP contribution is 2.51. The summed E-state index contributed by atoms with van der Waals surface area (Å²) >= 11 is 32.5. The van der Waals surface area contributed by atoms with Gasteiger partial charge in [-0.1, -0.05) is 100 Å². The van der Waals surface area contributed by atoms with Crippen molar-refractivity contribution in [3.05, 3.63) is 157 Å². The third kappa shape index (κ3) is 17.9. The van der Waals surface area contributed by atoms with Crippen molar-refractivity contribution in [3.63, 3.8) is 0 Å². The molecule has 0 unspecified atom stereocenters. The lowest BCUT2D eigenvalue weighted by Crippen LogP contribution is -2.30. The van der Waals surface area contributed by atoms with E-state index < -0.39 is 0 Å². The predicted octanol–water partition coefficient (Wildman–Crippen LogP) is 12.4. The summed E-state index contributed by atoms with van der Waals surface area (Å²) in [6.07, 6.45) is 0. The van der Waals surface area contributed by atoms with Crippen LogP contribution in [0.3, 0.4) is 0 Å². The van der Waals surface area contributed by atoms with Crippen LogP contribution in [0.4, 0.5) is 28.4 Å². The first-order chi connectivity index (χ1) is 30.1. The van der Waals surface area contributed by atoms with Gasteiger partial charge in [-0.2, -0.15) is 22.7 Å². The molecule has 0 bridgehead atoms. The zero-order valence-corrected chi connectivity index (χ0v) is 51.3. The fourth-order valence-corrected chi connectivity index (χ4v) is 32.7. The van der Waals surface area contributed by atoms with Crippen LogP contribution in [0.25, 0.3) is 0 Å². The lowest BCUT2D eigenvalue weighted by molar-refractivity contribution is 0.632. The van der Waals surface area contributed by atoms with Crippen LogP contribution in [0.5, 0.6) is 0 Å². The number of hydrogen-bond acceptors (Lipinski definition) is 10. The highest BCUT2D eigenvalue weighted by molar-refractivity contribution is 9.10. The van der Waals surface area contributed by atoms with Crippen LogP contribution >= 0.6 is 38.6 Å². The molecule has 62 heavy (non-hydrogen) atoms. The number of nitrogens with one attached hydrogen (secondary N) is 1. The quantitative estimate of drug-likeness (QED) is 0.173. The van der Waals surface area contributed by atoms with E-state index in [9.17, 15) is 0 Å². The molecule has 0 amide bonds. The highest BCUT2D eigenvalue weighted by atomic mass is 79.9. The Morgan fingerprint density at radius 2 is 0.823 bits per heavy atom. The van der Waals surface area contributed by atoms with Gasteiger partial charge in [0.05, 0.1) is 17.1 Å². The highest BCUT2D eigenvalue weighted by Gasteiger charge is 2.36. The second kappa shape index (κ2) is 32.3. The third-order valence-electron chi connectivity index (χ3n) is 8.66. The molecular weight excluding hydrogens is 1240 g/mol. The van der Waals surface area contributed by atoms with Gasteiger partial charge in [-0.15, -0.1) is 0 Å². The average molecular weight is 1270 g/mol. The van der Waals surface area contributed by atoms with Crippen LogP contribution in [0, 0.1) is 0 Å². The molecule has 0 aliphatic carbocycles. The number of benzene rings is 4. The molecule has 2 nitrogen and oxygen atoms in total. The van der Waals surface area contributed by atoms with Gasteiger partial charge in [-0.05, 0) is 85.3 Å². The van der Waals surface area contributed by atoms with Gasteiger partial charge in [-0.3, -0.25) is 0 Å². The summed E-state index contributed by atoms with van der Waals surface area (Å²) in [5.74, 6) is 0. The molecule has 2 aliphatic rings. The van der Waals surface area contributed by atoms with E-state index in [1.54, 1.807) is 103 Å². The lowest BCUT2D eigenvalue weighted by Gasteiger charge is -2.41. The number of halogens is 1. The van der Waals surface area contributed by atoms with Crippen LogP contribution in [0.1, 0.15) is 49.9 Å². The van der Waals surface area contributed by atoms with Crippen molar-refractivity contribution in [1.82, 2.24) is 0 Å². The van der Waals surface area contributed by atoms with E-state index in [4.69, 9.17) is 0 Å². The maximum absolute atomic E-state index is 4.63. The van der Waals surface area contributed by atoms with Crippen LogP contribution < -0.4 is 10.2 Å². The standard InChI is InChI=1S/C19H17NS.C15H15N.C4H3BrS.S9.S8.S2/c1-19(2)15-7-3-5-9-17(15)20(14-11-12-21-13-14)18-10-6-4-8-16(18)19;1-15(2)11-7-3-5-9-13(11)16-14-10-6-4-8-12(14)15;5-4-1-2-6-3-4;1-3-5-7-9-8-6-4-2;1-3-5-7-8-6-4-2;1-2/h3-13H,1-2H3;3-10,16H,1-2H3;1-3H;;;. The molecule has 0 fully saturated rings. The largest absolute Gasteiger partial charge is 0.355 e. The minimum atomic E-state index is 0.0275. The monoisotopic (exact) mass is 1270 g/mol. The summed E-state index contributed by atoms with van der Waals surface area (Å²) < 4.78 is 1.17. The van der Waals surface area contributed by atoms with E-state index in [2.05, 4.69) is 235 Å². The molecule has 4 heterocycles. The fraction of sp³-hybridized carbons (Fsp3) is 0.158.